The van der Waals surface area contributed by atoms with Crippen LogP contribution in [0.1, 0.15) is 32.1 Å². The molecule has 1 aliphatic carbocycles. The number of nitrogens with two attached hydrogens (primary N) is 1. The number of amidine groups is 1. The lowest BCUT2D eigenvalue weighted by Crippen LogP contribution is -2.25. The molecule has 0 aromatic heterocycles. The number of benzene rings is 1. The van der Waals surface area contributed by atoms with Crippen molar-refractivity contribution in [2.75, 3.05) is 0 Å². The van der Waals surface area contributed by atoms with E-state index in [9.17, 15) is 0 Å². The Morgan fingerprint density at radius 2 is 2.00 bits per heavy atom. The number of aliphatic imine (C=N–C) groups is 1. The molecule has 2 N–H and O–H groups in total. The minimum absolute atomic E-state index is 0.444. The van der Waals surface area contributed by atoms with Crippen LogP contribution in [-0.2, 0) is 0 Å². The lowest BCUT2D eigenvalue weighted by Gasteiger charge is -2.20. The maximum atomic E-state index is 6.15. The van der Waals surface area contributed by atoms with Gasteiger partial charge in [-0.25, -0.2) is 4.99 Å². The Balaban J connectivity index is 2.16. The van der Waals surface area contributed by atoms with E-state index in [0.29, 0.717) is 10.9 Å². The van der Waals surface area contributed by atoms with Crippen molar-refractivity contribution in [3.8, 4) is 0 Å². The molecule has 0 aliphatic heterocycles. The molecule has 0 atom stereocenters. The summed E-state index contributed by atoms with van der Waals surface area (Å²) in [6, 6.07) is 5.84. The van der Waals surface area contributed by atoms with Crippen molar-refractivity contribution in [3.05, 3.63) is 26.8 Å². The maximum absolute atomic E-state index is 6.15. The monoisotopic (exact) mass is 362 g/mol. The summed E-state index contributed by atoms with van der Waals surface area (Å²) >= 11 is 8.38. The number of rotatable bonds is 2. The molecule has 2 rings (SSSR count). The predicted octanol–water partition coefficient (Wildman–Crippen LogP) is 4.51. The fourth-order valence-corrected chi connectivity index (χ4v) is 3.10. The number of halogens is 2. The normalized spacial score (nSPS) is 18.4. The fourth-order valence-electron chi connectivity index (χ4n) is 2.20. The average molecular weight is 363 g/mol. The molecule has 0 heterocycles. The second kappa shape index (κ2) is 6.05. The number of hydrogen-bond donors (Lipinski definition) is 1. The molecule has 92 valence electrons. The Kier molecular flexibility index (Phi) is 4.68. The largest absolute Gasteiger partial charge is 0.387 e. The van der Waals surface area contributed by atoms with Crippen molar-refractivity contribution in [2.45, 2.75) is 32.1 Å². The van der Waals surface area contributed by atoms with Crippen LogP contribution < -0.4 is 5.73 Å². The molecule has 1 aliphatic rings. The van der Waals surface area contributed by atoms with E-state index in [1.165, 1.54) is 19.3 Å². The molecule has 4 heteroatoms. The summed E-state index contributed by atoms with van der Waals surface area (Å²) in [4.78, 5) is 4.48. The van der Waals surface area contributed by atoms with Crippen molar-refractivity contribution >= 4 is 45.7 Å². The van der Waals surface area contributed by atoms with Crippen molar-refractivity contribution in [2.24, 2.45) is 16.6 Å². The van der Waals surface area contributed by atoms with Gasteiger partial charge in [0, 0.05) is 9.49 Å². The van der Waals surface area contributed by atoms with Crippen molar-refractivity contribution < 1.29 is 0 Å². The van der Waals surface area contributed by atoms with E-state index in [0.717, 1.165) is 27.9 Å². The summed E-state index contributed by atoms with van der Waals surface area (Å²) in [7, 11) is 0. The first-order chi connectivity index (χ1) is 8.16. The average Bonchev–Trinajstić information content (AvgIpc) is 2.34. The molecular formula is C13H16ClIN2. The topological polar surface area (TPSA) is 38.4 Å². The first-order valence-electron chi connectivity index (χ1n) is 5.96. The summed E-state index contributed by atoms with van der Waals surface area (Å²) in [5, 5.41) is 0.677. The third-order valence-corrected chi connectivity index (χ3v) is 4.16. The van der Waals surface area contributed by atoms with Crippen molar-refractivity contribution in [3.63, 3.8) is 0 Å². The fraction of sp³-hybridized carbons (Fsp3) is 0.462. The van der Waals surface area contributed by atoms with Crippen LogP contribution >= 0.6 is 34.2 Å². The summed E-state index contributed by atoms with van der Waals surface area (Å²) in [5.74, 6) is 1.19. The lowest BCUT2D eigenvalue weighted by atomic mass is 9.88. The Morgan fingerprint density at radius 1 is 1.29 bits per heavy atom. The summed E-state index contributed by atoms with van der Waals surface area (Å²) in [6.45, 7) is 0. The van der Waals surface area contributed by atoms with Gasteiger partial charge in [-0.1, -0.05) is 30.9 Å². The smallest absolute Gasteiger partial charge is 0.103 e. The van der Waals surface area contributed by atoms with Gasteiger partial charge in [-0.2, -0.15) is 0 Å². The number of hydrogen-bond acceptors (Lipinski definition) is 1. The quantitative estimate of drug-likeness (QED) is 0.469. The molecule has 1 saturated carbocycles. The summed E-state index contributed by atoms with van der Waals surface area (Å²) < 4.78 is 1.11. The SMILES string of the molecule is NC(=Nc1ccc(I)cc1Cl)C1CCCCC1. The standard InChI is InChI=1S/C13H16ClIN2/c14-11-8-10(15)6-7-12(11)17-13(16)9-4-2-1-3-5-9/h6-9H,1-5H2,(H2,16,17). The third kappa shape index (κ3) is 3.58. The van der Waals surface area contributed by atoms with Crippen LogP contribution in [0.4, 0.5) is 5.69 Å². The zero-order valence-corrected chi connectivity index (χ0v) is 12.5. The molecule has 0 spiro atoms. The van der Waals surface area contributed by atoms with Crippen LogP contribution in [0, 0.1) is 9.49 Å². The van der Waals surface area contributed by atoms with E-state index < -0.39 is 0 Å². The van der Waals surface area contributed by atoms with Crippen LogP contribution in [0.2, 0.25) is 5.02 Å². The van der Waals surface area contributed by atoms with E-state index in [-0.39, 0.29) is 0 Å². The first kappa shape index (κ1) is 13.1. The highest BCUT2D eigenvalue weighted by Gasteiger charge is 2.17. The van der Waals surface area contributed by atoms with Gasteiger partial charge in [0.1, 0.15) is 5.84 Å². The van der Waals surface area contributed by atoms with Gasteiger partial charge in [-0.15, -0.1) is 0 Å². The summed E-state index contributed by atoms with van der Waals surface area (Å²) in [6.07, 6.45) is 6.19. The summed E-state index contributed by atoms with van der Waals surface area (Å²) in [5.41, 5.74) is 6.86. The van der Waals surface area contributed by atoms with Gasteiger partial charge in [0.2, 0.25) is 0 Å². The second-order valence-corrected chi connectivity index (χ2v) is 6.12. The van der Waals surface area contributed by atoms with Crippen LogP contribution in [-0.4, -0.2) is 5.84 Å². The van der Waals surface area contributed by atoms with Crippen LogP contribution in [0.3, 0.4) is 0 Å². The highest BCUT2D eigenvalue weighted by molar-refractivity contribution is 14.1. The molecule has 1 aromatic rings. The van der Waals surface area contributed by atoms with Gasteiger partial charge >= 0.3 is 0 Å². The van der Waals surface area contributed by atoms with E-state index in [1.807, 2.05) is 18.2 Å². The predicted molar refractivity (Wildman–Crippen MR) is 82.0 cm³/mol. The Bertz CT molecular complexity index is 425. The Labute approximate surface area is 121 Å². The Hall–Kier alpha value is -0.290. The molecule has 1 fully saturated rings. The van der Waals surface area contributed by atoms with E-state index in [1.54, 1.807) is 0 Å². The molecule has 0 unspecified atom stereocenters. The van der Waals surface area contributed by atoms with Crippen LogP contribution in [0.5, 0.6) is 0 Å². The molecule has 0 bridgehead atoms. The molecule has 2 nitrogen and oxygen atoms in total. The van der Waals surface area contributed by atoms with Gasteiger partial charge in [0.25, 0.3) is 0 Å². The second-order valence-electron chi connectivity index (χ2n) is 4.47. The Morgan fingerprint density at radius 3 is 2.65 bits per heavy atom. The lowest BCUT2D eigenvalue weighted by molar-refractivity contribution is 0.437. The highest BCUT2D eigenvalue weighted by Crippen LogP contribution is 2.29. The molecule has 1 aromatic carbocycles. The maximum Gasteiger partial charge on any atom is 0.103 e. The van der Waals surface area contributed by atoms with E-state index in [4.69, 9.17) is 17.3 Å². The van der Waals surface area contributed by atoms with Gasteiger partial charge in [-0.3, -0.25) is 0 Å². The zero-order valence-electron chi connectivity index (χ0n) is 9.63. The molecule has 17 heavy (non-hydrogen) atoms. The van der Waals surface area contributed by atoms with Crippen LogP contribution in [0.15, 0.2) is 23.2 Å². The molecular weight excluding hydrogens is 347 g/mol. The third-order valence-electron chi connectivity index (χ3n) is 3.18. The minimum atomic E-state index is 0.444. The van der Waals surface area contributed by atoms with Gasteiger partial charge in [-0.05, 0) is 53.6 Å². The highest BCUT2D eigenvalue weighted by atomic mass is 127. The first-order valence-corrected chi connectivity index (χ1v) is 7.41. The molecule has 0 radical (unpaired) electrons. The van der Waals surface area contributed by atoms with Gasteiger partial charge in [0.15, 0.2) is 0 Å². The molecule has 0 amide bonds. The molecule has 0 saturated heterocycles. The zero-order chi connectivity index (χ0) is 12.3. The van der Waals surface area contributed by atoms with Crippen molar-refractivity contribution in [1.29, 1.82) is 0 Å². The van der Waals surface area contributed by atoms with Crippen molar-refractivity contribution in [1.82, 2.24) is 0 Å². The van der Waals surface area contributed by atoms with E-state index >= 15 is 0 Å². The minimum Gasteiger partial charge on any atom is -0.387 e. The van der Waals surface area contributed by atoms with Crippen LogP contribution in [0.25, 0.3) is 0 Å². The van der Waals surface area contributed by atoms with Gasteiger partial charge < -0.3 is 5.73 Å². The van der Waals surface area contributed by atoms with E-state index in [2.05, 4.69) is 27.6 Å². The number of nitrogens with zero attached hydrogens (tertiary/aromatic N) is 1. The van der Waals surface area contributed by atoms with Gasteiger partial charge in [0.05, 0.1) is 10.7 Å².